The molecule has 0 aliphatic rings. The van der Waals surface area contributed by atoms with E-state index in [1.807, 2.05) is 24.3 Å². The molecule has 0 unspecified atom stereocenters. The Morgan fingerprint density at radius 2 is 0.549 bits per heavy atom. The van der Waals surface area contributed by atoms with Crippen LogP contribution in [0.25, 0.3) is 143 Å². The molecular weight excluding hydrogens is 1260 g/mol. The van der Waals surface area contributed by atoms with Crippen molar-refractivity contribution >= 4 is 98.0 Å². The highest BCUT2D eigenvalue weighted by Crippen LogP contribution is 2.49. The van der Waals surface area contributed by atoms with E-state index in [2.05, 4.69) is 313 Å². The van der Waals surface area contributed by atoms with Crippen LogP contribution in [-0.4, -0.2) is 23.3 Å². The first-order valence-electron chi connectivity index (χ1n) is 36.1. The van der Waals surface area contributed by atoms with Crippen LogP contribution in [0.1, 0.15) is 164 Å². The number of hydrogen-bond acceptors (Lipinski definition) is 1. The predicted molar refractivity (Wildman–Crippen MR) is 427 cm³/mol. The van der Waals surface area contributed by atoms with Crippen LogP contribution in [0, 0.1) is 0 Å². The van der Waals surface area contributed by atoms with Gasteiger partial charge in [0.25, 0.3) is 0 Å². The van der Waals surface area contributed by atoms with Crippen LogP contribution in [0.5, 0.6) is 0 Å². The van der Waals surface area contributed by atoms with Gasteiger partial charge in [0.1, 0.15) is 5.82 Å². The molecule has 16 aromatic rings. The van der Waals surface area contributed by atoms with Gasteiger partial charge in [-0.15, -0.1) is 0 Å². The van der Waals surface area contributed by atoms with Gasteiger partial charge < -0.3 is 13.7 Å². The van der Waals surface area contributed by atoms with Crippen molar-refractivity contribution in [3.8, 4) is 45.3 Å². The summed E-state index contributed by atoms with van der Waals surface area (Å²) in [5.41, 5.74) is 20.7. The molecule has 0 saturated heterocycles. The Bertz CT molecular complexity index is 5750. The molecule has 0 radical (unpaired) electrons. The van der Waals surface area contributed by atoms with Gasteiger partial charge in [0.05, 0.1) is 66.8 Å². The van der Waals surface area contributed by atoms with Crippen molar-refractivity contribution < 1.29 is 13.2 Å². The lowest BCUT2D eigenvalue weighted by molar-refractivity contribution is -0.137. The lowest BCUT2D eigenvalue weighted by Crippen LogP contribution is -2.12. The van der Waals surface area contributed by atoms with Crippen molar-refractivity contribution in [3.05, 3.63) is 257 Å². The first-order chi connectivity index (χ1) is 48.0. The smallest absolute Gasteiger partial charge is 0.307 e. The minimum atomic E-state index is -4.51. The molecule has 4 aromatic heterocycles. The first-order valence-corrected chi connectivity index (χ1v) is 36.1. The second-order valence-electron chi connectivity index (χ2n) is 34.9. The fraction of sp³-hybridized carbons (Fsp3) is 0.266. The van der Waals surface area contributed by atoms with E-state index in [4.69, 9.17) is 4.98 Å². The third kappa shape index (κ3) is 10.8. The van der Waals surface area contributed by atoms with Crippen molar-refractivity contribution in [1.29, 1.82) is 0 Å². The van der Waals surface area contributed by atoms with Crippen molar-refractivity contribution in [2.45, 2.75) is 163 Å². The van der Waals surface area contributed by atoms with Gasteiger partial charge in [-0.1, -0.05) is 234 Å². The van der Waals surface area contributed by atoms with Crippen LogP contribution in [-0.2, 0) is 38.7 Å². The lowest BCUT2D eigenvalue weighted by atomic mass is 9.85. The van der Waals surface area contributed by atoms with E-state index in [1.54, 1.807) is 12.1 Å². The van der Waals surface area contributed by atoms with Gasteiger partial charge in [0.15, 0.2) is 0 Å². The zero-order valence-corrected chi connectivity index (χ0v) is 62.2. The second kappa shape index (κ2) is 22.7. The molecule has 0 aliphatic heterocycles. The second-order valence-corrected chi connectivity index (χ2v) is 34.9. The van der Waals surface area contributed by atoms with Gasteiger partial charge >= 0.3 is 6.18 Å². The zero-order valence-electron chi connectivity index (χ0n) is 62.2. The van der Waals surface area contributed by atoms with Gasteiger partial charge in [-0.2, -0.15) is 13.2 Å². The molecule has 512 valence electrons. The average Bonchev–Trinajstić information content (AvgIpc) is 1.54. The third-order valence-electron chi connectivity index (χ3n) is 21.7. The highest BCUT2D eigenvalue weighted by Gasteiger charge is 2.33. The Kier molecular flexibility index (Phi) is 14.7. The minimum Gasteiger partial charge on any atom is -0.307 e. The minimum absolute atomic E-state index is 0.128. The number of hydrogen-bond donors (Lipinski definition) is 0. The summed E-state index contributed by atoms with van der Waals surface area (Å²) in [6, 6.07) is 78.6. The van der Waals surface area contributed by atoms with Gasteiger partial charge in [0, 0.05) is 54.3 Å². The highest BCUT2D eigenvalue weighted by atomic mass is 19.4. The van der Waals surface area contributed by atoms with E-state index in [-0.39, 0.29) is 32.5 Å². The standard InChI is InChI=1S/C94H90F3N5/c1-88(2,3)59-33-41-76-70(49-59)71-50-60(89(4,5)6)34-42-77(71)100(76)82-47-57(55-27-29-56(30-28-55)87-98-84-68-25-21-19-23-66(68)67-24-20-22-26-69(67)85(84)99(87)65-39-31-58(32-40-65)94(95,96)97)48-83(101-78-43-35-61(90(7,8)9)51-72(78)73-52-62(91(10,11)12)36-44-79(73)101)86(82)102-80-45-37-63(92(13,14)15)53-74(80)75-54-64(93(16,17)18)38-46-81(75)102/h19-54H,1-18H3. The van der Waals surface area contributed by atoms with E-state index >= 15 is 0 Å². The molecule has 0 atom stereocenters. The van der Waals surface area contributed by atoms with Gasteiger partial charge in [0.2, 0.25) is 0 Å². The zero-order chi connectivity index (χ0) is 72.0. The predicted octanol–water partition coefficient (Wildman–Crippen LogP) is 26.8. The normalized spacial score (nSPS) is 13.3. The van der Waals surface area contributed by atoms with Crippen LogP contribution >= 0.6 is 0 Å². The van der Waals surface area contributed by atoms with E-state index in [1.165, 1.54) is 77.8 Å². The summed E-state index contributed by atoms with van der Waals surface area (Å²) in [6.45, 7) is 41.5. The molecule has 102 heavy (non-hydrogen) atoms. The summed E-state index contributed by atoms with van der Waals surface area (Å²) in [6.07, 6.45) is -4.51. The number of nitrogens with zero attached hydrogens (tertiary/aromatic N) is 5. The van der Waals surface area contributed by atoms with Crippen LogP contribution < -0.4 is 0 Å². The molecule has 0 saturated carbocycles. The Morgan fingerprint density at radius 3 is 0.882 bits per heavy atom. The van der Waals surface area contributed by atoms with Gasteiger partial charge in [-0.3, -0.25) is 4.57 Å². The van der Waals surface area contributed by atoms with E-state index in [0.29, 0.717) is 11.5 Å². The molecule has 0 amide bonds. The summed E-state index contributed by atoms with van der Waals surface area (Å²) in [7, 11) is 0. The summed E-state index contributed by atoms with van der Waals surface area (Å²) < 4.78 is 53.0. The van der Waals surface area contributed by atoms with E-state index in [9.17, 15) is 13.2 Å². The molecule has 0 spiro atoms. The Labute approximate surface area is 596 Å². The van der Waals surface area contributed by atoms with E-state index < -0.39 is 11.7 Å². The summed E-state index contributed by atoms with van der Waals surface area (Å²) in [5, 5.41) is 11.2. The summed E-state index contributed by atoms with van der Waals surface area (Å²) in [5.74, 6) is 0.620. The van der Waals surface area contributed by atoms with Crippen molar-refractivity contribution in [3.63, 3.8) is 0 Å². The Morgan fingerprint density at radius 1 is 0.255 bits per heavy atom. The molecule has 16 rings (SSSR count). The topological polar surface area (TPSA) is 32.6 Å². The molecule has 5 nitrogen and oxygen atoms in total. The van der Waals surface area contributed by atoms with Crippen LogP contribution in [0.2, 0.25) is 0 Å². The number of aromatic nitrogens is 5. The fourth-order valence-corrected chi connectivity index (χ4v) is 15.7. The maximum atomic E-state index is 14.4. The average molecular weight is 1350 g/mol. The largest absolute Gasteiger partial charge is 0.416 e. The Hall–Kier alpha value is -10.2. The monoisotopic (exact) mass is 1350 g/mol. The number of imidazole rings is 1. The number of halogens is 3. The molecular formula is C94H90F3N5. The van der Waals surface area contributed by atoms with Crippen LogP contribution in [0.15, 0.2) is 218 Å². The van der Waals surface area contributed by atoms with Crippen LogP contribution in [0.3, 0.4) is 0 Å². The molecule has 0 aliphatic carbocycles. The molecule has 0 fully saturated rings. The van der Waals surface area contributed by atoms with Crippen LogP contribution in [0.4, 0.5) is 13.2 Å². The number of benzene rings is 12. The fourth-order valence-electron chi connectivity index (χ4n) is 15.7. The van der Waals surface area contributed by atoms with Crippen molar-refractivity contribution in [2.75, 3.05) is 0 Å². The highest BCUT2D eigenvalue weighted by molar-refractivity contribution is 6.24. The van der Waals surface area contributed by atoms with E-state index in [0.717, 1.165) is 99.4 Å². The van der Waals surface area contributed by atoms with Crippen molar-refractivity contribution in [2.24, 2.45) is 0 Å². The quantitative estimate of drug-likeness (QED) is 0.153. The molecule has 12 aromatic carbocycles. The summed E-state index contributed by atoms with van der Waals surface area (Å²) >= 11 is 0. The molecule has 0 N–H and O–H groups in total. The van der Waals surface area contributed by atoms with Crippen molar-refractivity contribution in [1.82, 2.24) is 23.3 Å². The first kappa shape index (κ1) is 66.4. The maximum absolute atomic E-state index is 14.4. The SMILES string of the molecule is CC(C)(C)c1ccc2c(c1)c1cc(C(C)(C)C)ccc1n2-c1cc(-c2ccc(-c3nc4c5ccccc5c5ccccc5c4n3-c3ccc(C(F)(F)F)cc3)cc2)cc(-n2c3ccc(C(C)(C)C)cc3c3cc(C(C)(C)C)ccc32)c1-n1c2ccc(C(C)(C)C)cc2c2cc(C(C)(C)C)ccc21. The lowest BCUT2D eigenvalue weighted by Gasteiger charge is -2.25. The molecule has 4 heterocycles. The summed E-state index contributed by atoms with van der Waals surface area (Å²) in [4.78, 5) is 5.57. The van der Waals surface area contributed by atoms with Gasteiger partial charge in [-0.05, 0) is 197 Å². The number of fused-ring (bicyclic) bond motifs is 15. The maximum Gasteiger partial charge on any atom is 0.416 e. The number of rotatable bonds is 6. The molecule has 8 heteroatoms. The third-order valence-corrected chi connectivity index (χ3v) is 21.7. The molecule has 0 bridgehead atoms. The van der Waals surface area contributed by atoms with Gasteiger partial charge in [-0.25, -0.2) is 4.98 Å². The number of alkyl halides is 3. The Balaban J connectivity index is 1.07.